The van der Waals surface area contributed by atoms with Gasteiger partial charge in [0.2, 0.25) is 0 Å². The van der Waals surface area contributed by atoms with Crippen molar-refractivity contribution in [3.05, 3.63) is 64.7 Å². The molecule has 1 atom stereocenters. The summed E-state index contributed by atoms with van der Waals surface area (Å²) in [6.07, 6.45) is 1.06. The summed E-state index contributed by atoms with van der Waals surface area (Å²) in [7, 11) is 0. The van der Waals surface area contributed by atoms with Gasteiger partial charge in [0.05, 0.1) is 19.3 Å². The van der Waals surface area contributed by atoms with Gasteiger partial charge < -0.3 is 9.47 Å². The average Bonchev–Trinajstić information content (AvgIpc) is 2.46. The maximum atomic E-state index is 6.14. The Morgan fingerprint density at radius 1 is 1.15 bits per heavy atom. The van der Waals surface area contributed by atoms with E-state index >= 15 is 0 Å². The van der Waals surface area contributed by atoms with Gasteiger partial charge in [0.1, 0.15) is 5.75 Å². The predicted octanol–water partition coefficient (Wildman–Crippen LogP) is 4.34. The van der Waals surface area contributed by atoms with Crippen molar-refractivity contribution in [1.82, 2.24) is 0 Å². The van der Waals surface area contributed by atoms with E-state index in [1.807, 2.05) is 18.2 Å². The van der Waals surface area contributed by atoms with E-state index in [-0.39, 0.29) is 6.10 Å². The molecule has 2 aromatic carbocycles. The molecule has 0 amide bonds. The first-order chi connectivity index (χ1) is 9.74. The molecular weight excluding hydrogens is 248 g/mol. The molecule has 0 spiro atoms. The molecule has 0 saturated carbocycles. The van der Waals surface area contributed by atoms with Crippen LogP contribution in [-0.2, 0) is 11.3 Å². The third-order valence-corrected chi connectivity index (χ3v) is 3.84. The van der Waals surface area contributed by atoms with Gasteiger partial charge in [0.25, 0.3) is 0 Å². The normalized spacial score (nSPS) is 17.4. The minimum absolute atomic E-state index is 0.139. The molecule has 0 fully saturated rings. The van der Waals surface area contributed by atoms with Crippen molar-refractivity contribution in [3.63, 3.8) is 0 Å². The zero-order valence-electron chi connectivity index (χ0n) is 12.1. The van der Waals surface area contributed by atoms with E-state index in [4.69, 9.17) is 9.47 Å². The largest absolute Gasteiger partial charge is 0.493 e. The topological polar surface area (TPSA) is 18.5 Å². The van der Waals surface area contributed by atoms with Crippen LogP contribution < -0.4 is 4.74 Å². The van der Waals surface area contributed by atoms with Gasteiger partial charge in [-0.15, -0.1) is 0 Å². The lowest BCUT2D eigenvalue weighted by Gasteiger charge is -2.26. The van der Waals surface area contributed by atoms with Gasteiger partial charge in [-0.3, -0.25) is 0 Å². The van der Waals surface area contributed by atoms with Crippen LogP contribution in [0.25, 0.3) is 0 Å². The number of hydrogen-bond donors (Lipinski definition) is 0. The fourth-order valence-corrected chi connectivity index (χ4v) is 2.68. The zero-order valence-corrected chi connectivity index (χ0v) is 12.1. The monoisotopic (exact) mass is 268 g/mol. The molecule has 0 N–H and O–H groups in total. The molecule has 20 heavy (non-hydrogen) atoms. The Bertz CT molecular complexity index is 604. The zero-order chi connectivity index (χ0) is 13.9. The fraction of sp³-hybridized carbons (Fsp3) is 0.333. The first-order valence-corrected chi connectivity index (χ1v) is 7.13. The van der Waals surface area contributed by atoms with Crippen LogP contribution in [0.1, 0.15) is 34.8 Å². The number of benzene rings is 2. The summed E-state index contributed by atoms with van der Waals surface area (Å²) in [6, 6.07) is 14.7. The smallest absolute Gasteiger partial charge is 0.125 e. The molecule has 1 aliphatic rings. The summed E-state index contributed by atoms with van der Waals surface area (Å²) in [4.78, 5) is 0. The third-order valence-electron chi connectivity index (χ3n) is 3.84. The average molecular weight is 268 g/mol. The Morgan fingerprint density at radius 2 is 2.00 bits per heavy atom. The van der Waals surface area contributed by atoms with E-state index in [0.717, 1.165) is 18.8 Å². The van der Waals surface area contributed by atoms with E-state index in [0.29, 0.717) is 6.61 Å². The summed E-state index contributed by atoms with van der Waals surface area (Å²) in [5.74, 6) is 0.962. The molecule has 1 aliphatic heterocycles. The van der Waals surface area contributed by atoms with Gasteiger partial charge in [-0.1, -0.05) is 42.0 Å². The Kier molecular flexibility index (Phi) is 3.75. The Hall–Kier alpha value is -1.80. The van der Waals surface area contributed by atoms with Crippen molar-refractivity contribution >= 4 is 0 Å². The van der Waals surface area contributed by atoms with Crippen molar-refractivity contribution in [1.29, 1.82) is 0 Å². The fourth-order valence-electron chi connectivity index (χ4n) is 2.68. The molecule has 0 radical (unpaired) electrons. The molecule has 2 heteroatoms. The van der Waals surface area contributed by atoms with Crippen LogP contribution in [0.4, 0.5) is 0 Å². The van der Waals surface area contributed by atoms with Crippen molar-refractivity contribution in [2.24, 2.45) is 0 Å². The second-order valence-corrected chi connectivity index (χ2v) is 5.40. The standard InChI is InChI=1S/C18H20O2/c1-13-7-8-15(14(2)11-13)12-20-18-9-10-19-17-6-4-3-5-16(17)18/h3-8,11,18H,9-10,12H2,1-2H3/t18-/m0/s1. The molecule has 3 rings (SSSR count). The lowest BCUT2D eigenvalue weighted by atomic mass is 10.0. The summed E-state index contributed by atoms with van der Waals surface area (Å²) < 4.78 is 11.8. The van der Waals surface area contributed by atoms with Gasteiger partial charge in [-0.2, -0.15) is 0 Å². The lowest BCUT2D eigenvalue weighted by Crippen LogP contribution is -2.16. The minimum atomic E-state index is 0.139. The van der Waals surface area contributed by atoms with Crippen LogP contribution in [0.3, 0.4) is 0 Å². The Balaban J connectivity index is 1.73. The molecular formula is C18H20O2. The minimum Gasteiger partial charge on any atom is -0.493 e. The lowest BCUT2D eigenvalue weighted by molar-refractivity contribution is 0.0125. The Morgan fingerprint density at radius 3 is 2.85 bits per heavy atom. The number of fused-ring (bicyclic) bond motifs is 1. The van der Waals surface area contributed by atoms with Crippen molar-refractivity contribution < 1.29 is 9.47 Å². The van der Waals surface area contributed by atoms with Gasteiger partial charge in [0, 0.05) is 12.0 Å². The number of para-hydroxylation sites is 1. The van der Waals surface area contributed by atoms with Crippen LogP contribution in [0.2, 0.25) is 0 Å². The summed E-state index contributed by atoms with van der Waals surface area (Å²) >= 11 is 0. The van der Waals surface area contributed by atoms with Gasteiger partial charge in [0.15, 0.2) is 0 Å². The maximum Gasteiger partial charge on any atom is 0.125 e. The van der Waals surface area contributed by atoms with Crippen LogP contribution in [-0.4, -0.2) is 6.61 Å². The van der Waals surface area contributed by atoms with Crippen molar-refractivity contribution in [2.45, 2.75) is 33.0 Å². The summed E-state index contributed by atoms with van der Waals surface area (Å²) in [5.41, 5.74) is 5.02. The van der Waals surface area contributed by atoms with Crippen LogP contribution in [0.5, 0.6) is 5.75 Å². The van der Waals surface area contributed by atoms with E-state index in [1.54, 1.807) is 0 Å². The molecule has 104 valence electrons. The number of rotatable bonds is 3. The highest BCUT2D eigenvalue weighted by atomic mass is 16.5. The van der Waals surface area contributed by atoms with Gasteiger partial charge in [-0.25, -0.2) is 0 Å². The van der Waals surface area contributed by atoms with E-state index in [2.05, 4.69) is 38.1 Å². The molecule has 0 bridgehead atoms. The summed E-state index contributed by atoms with van der Waals surface area (Å²) in [6.45, 7) is 5.65. The van der Waals surface area contributed by atoms with Gasteiger partial charge >= 0.3 is 0 Å². The van der Waals surface area contributed by atoms with Crippen LogP contribution >= 0.6 is 0 Å². The highest BCUT2D eigenvalue weighted by molar-refractivity contribution is 5.36. The number of ether oxygens (including phenoxy) is 2. The molecule has 0 aliphatic carbocycles. The number of hydrogen-bond acceptors (Lipinski definition) is 2. The quantitative estimate of drug-likeness (QED) is 0.824. The van der Waals surface area contributed by atoms with E-state index in [1.165, 1.54) is 22.3 Å². The van der Waals surface area contributed by atoms with Crippen molar-refractivity contribution in [2.75, 3.05) is 6.61 Å². The van der Waals surface area contributed by atoms with Gasteiger partial charge in [-0.05, 0) is 31.0 Å². The molecule has 2 aromatic rings. The molecule has 0 saturated heterocycles. The number of aryl methyl sites for hydroxylation is 2. The van der Waals surface area contributed by atoms with Crippen molar-refractivity contribution in [3.8, 4) is 5.75 Å². The third kappa shape index (κ3) is 2.70. The highest BCUT2D eigenvalue weighted by Gasteiger charge is 2.21. The molecule has 0 unspecified atom stereocenters. The SMILES string of the molecule is Cc1ccc(CO[C@H]2CCOc3ccccc32)c(C)c1. The van der Waals surface area contributed by atoms with E-state index < -0.39 is 0 Å². The second-order valence-electron chi connectivity index (χ2n) is 5.40. The first kappa shape index (κ1) is 13.2. The van der Waals surface area contributed by atoms with Crippen LogP contribution in [0.15, 0.2) is 42.5 Å². The molecule has 1 heterocycles. The highest BCUT2D eigenvalue weighted by Crippen LogP contribution is 2.34. The first-order valence-electron chi connectivity index (χ1n) is 7.13. The Labute approximate surface area is 120 Å². The maximum absolute atomic E-state index is 6.14. The summed E-state index contributed by atoms with van der Waals surface area (Å²) in [5, 5.41) is 0. The molecule has 0 aromatic heterocycles. The van der Waals surface area contributed by atoms with Crippen LogP contribution in [0, 0.1) is 13.8 Å². The second kappa shape index (κ2) is 5.68. The molecule has 2 nitrogen and oxygen atoms in total. The predicted molar refractivity (Wildman–Crippen MR) is 80.0 cm³/mol. The van der Waals surface area contributed by atoms with E-state index in [9.17, 15) is 0 Å².